The summed E-state index contributed by atoms with van der Waals surface area (Å²) in [5.74, 6) is -0.0482. The van der Waals surface area contributed by atoms with Crippen LogP contribution in [0.15, 0.2) is 6.20 Å². The third-order valence-corrected chi connectivity index (χ3v) is 4.74. The molecule has 1 aliphatic carbocycles. The normalized spacial score (nSPS) is 35.0. The number of hydrogen-bond acceptors (Lipinski definition) is 5. The minimum atomic E-state index is -0.0482. The summed E-state index contributed by atoms with van der Waals surface area (Å²) in [6.45, 7) is 6.39. The van der Waals surface area contributed by atoms with Gasteiger partial charge in [0.1, 0.15) is 5.69 Å². The van der Waals surface area contributed by atoms with Gasteiger partial charge in [-0.15, -0.1) is 5.10 Å². The summed E-state index contributed by atoms with van der Waals surface area (Å²) in [7, 11) is 0. The van der Waals surface area contributed by atoms with Crippen LogP contribution in [0.1, 0.15) is 45.6 Å². The Morgan fingerprint density at radius 1 is 1.14 bits per heavy atom. The third kappa shape index (κ3) is 3.16. The number of ether oxygens (including phenoxy) is 1. The molecule has 3 N–H and O–H groups in total. The van der Waals surface area contributed by atoms with Crippen LogP contribution in [0, 0.1) is 0 Å². The Labute approximate surface area is 125 Å². The highest BCUT2D eigenvalue weighted by Gasteiger charge is 2.31. The molecule has 2 heterocycles. The molecule has 0 radical (unpaired) electrons. The number of aromatic nitrogens is 2. The Bertz CT molecular complexity index is 453. The molecule has 0 unspecified atom stereocenters. The fraction of sp³-hybridized carbons (Fsp3) is 0.800. The molecule has 0 amide bonds. The van der Waals surface area contributed by atoms with Gasteiger partial charge in [-0.25, -0.2) is 0 Å². The predicted molar refractivity (Wildman–Crippen MR) is 81.2 cm³/mol. The molecule has 1 saturated carbocycles. The maximum atomic E-state index is 9.51. The molecule has 0 bridgehead atoms. The molecule has 1 saturated heterocycles. The van der Waals surface area contributed by atoms with Crippen molar-refractivity contribution in [1.82, 2.24) is 14.7 Å². The summed E-state index contributed by atoms with van der Waals surface area (Å²) in [6, 6.07) is 1.01. The lowest BCUT2D eigenvalue weighted by Gasteiger charge is -2.42. The number of aromatic hydroxyl groups is 1. The van der Waals surface area contributed by atoms with Crippen LogP contribution in [-0.4, -0.2) is 51.1 Å². The molecule has 0 spiro atoms. The average Bonchev–Trinajstić information content (AvgIpc) is 2.78. The lowest BCUT2D eigenvalue weighted by molar-refractivity contribution is -0.0852. The molecule has 1 aliphatic heterocycles. The zero-order valence-corrected chi connectivity index (χ0v) is 12.9. The first-order chi connectivity index (χ1) is 10.0. The number of morpholine rings is 1. The van der Waals surface area contributed by atoms with Crippen molar-refractivity contribution >= 4 is 5.69 Å². The molecular weight excluding hydrogens is 268 g/mol. The van der Waals surface area contributed by atoms with Crippen molar-refractivity contribution in [1.29, 1.82) is 0 Å². The Morgan fingerprint density at radius 3 is 2.24 bits per heavy atom. The highest BCUT2D eigenvalue weighted by atomic mass is 16.5. The van der Waals surface area contributed by atoms with Crippen molar-refractivity contribution in [3.63, 3.8) is 0 Å². The van der Waals surface area contributed by atoms with E-state index in [-0.39, 0.29) is 5.88 Å². The van der Waals surface area contributed by atoms with E-state index in [1.807, 2.05) is 4.68 Å². The highest BCUT2D eigenvalue weighted by Crippen LogP contribution is 2.33. The van der Waals surface area contributed by atoms with Crippen LogP contribution in [0.5, 0.6) is 5.88 Å². The highest BCUT2D eigenvalue weighted by molar-refractivity contribution is 5.44. The van der Waals surface area contributed by atoms with E-state index in [1.54, 1.807) is 6.20 Å². The van der Waals surface area contributed by atoms with Crippen LogP contribution in [0.3, 0.4) is 0 Å². The van der Waals surface area contributed by atoms with E-state index in [9.17, 15) is 5.11 Å². The van der Waals surface area contributed by atoms with Crippen molar-refractivity contribution in [2.45, 2.75) is 63.8 Å². The maximum Gasteiger partial charge on any atom is 0.253 e. The zero-order valence-electron chi connectivity index (χ0n) is 12.9. The van der Waals surface area contributed by atoms with Crippen molar-refractivity contribution in [2.24, 2.45) is 0 Å². The quantitative estimate of drug-likeness (QED) is 0.869. The first-order valence-electron chi connectivity index (χ1n) is 7.96. The SMILES string of the molecule is C[C@@H]1CN([C@H]2CC[C@H](n3cc(N)c(O)n3)CC2)C[C@H](C)O1. The van der Waals surface area contributed by atoms with E-state index in [1.165, 1.54) is 12.8 Å². The van der Waals surface area contributed by atoms with Crippen LogP contribution in [0.2, 0.25) is 0 Å². The van der Waals surface area contributed by atoms with Gasteiger partial charge in [0.15, 0.2) is 0 Å². The van der Waals surface area contributed by atoms with Crippen molar-refractivity contribution in [3.05, 3.63) is 6.20 Å². The van der Waals surface area contributed by atoms with Gasteiger partial charge in [0.25, 0.3) is 5.88 Å². The number of nitrogens with zero attached hydrogens (tertiary/aromatic N) is 3. The number of hydrogen-bond donors (Lipinski definition) is 2. The zero-order chi connectivity index (χ0) is 15.0. The molecule has 6 nitrogen and oxygen atoms in total. The standard InChI is InChI=1S/C15H26N4O2/c1-10-7-18(8-11(2)21-10)12-3-5-13(6-4-12)19-9-14(16)15(20)17-19/h9-13H,3-8,16H2,1-2H3,(H,17,20)/t10-,11+,12-,13-. The molecule has 1 aromatic rings. The van der Waals surface area contributed by atoms with Crippen molar-refractivity contribution in [3.8, 4) is 5.88 Å². The number of rotatable bonds is 2. The molecule has 2 fully saturated rings. The Morgan fingerprint density at radius 2 is 1.71 bits per heavy atom. The van der Waals surface area contributed by atoms with E-state index >= 15 is 0 Å². The summed E-state index contributed by atoms with van der Waals surface area (Å²) < 4.78 is 7.65. The first-order valence-corrected chi connectivity index (χ1v) is 7.96. The number of nitrogens with two attached hydrogens (primary N) is 1. The van der Waals surface area contributed by atoms with Gasteiger partial charge in [-0.2, -0.15) is 0 Å². The van der Waals surface area contributed by atoms with Gasteiger partial charge in [0, 0.05) is 19.1 Å². The fourth-order valence-corrected chi connectivity index (χ4v) is 3.79. The Balaban J connectivity index is 1.57. The minimum absolute atomic E-state index is 0.0482. The topological polar surface area (TPSA) is 76.5 Å². The first kappa shape index (κ1) is 14.7. The van der Waals surface area contributed by atoms with Crippen LogP contribution in [0.25, 0.3) is 0 Å². The van der Waals surface area contributed by atoms with E-state index in [0.717, 1.165) is 25.9 Å². The minimum Gasteiger partial charge on any atom is -0.491 e. The van der Waals surface area contributed by atoms with Crippen LogP contribution >= 0.6 is 0 Å². The second-order valence-electron chi connectivity index (χ2n) is 6.56. The van der Waals surface area contributed by atoms with Crippen molar-refractivity contribution < 1.29 is 9.84 Å². The molecule has 3 rings (SSSR count). The van der Waals surface area contributed by atoms with E-state index in [2.05, 4.69) is 23.8 Å². The van der Waals surface area contributed by atoms with Crippen LogP contribution in [0.4, 0.5) is 5.69 Å². The molecule has 6 heteroatoms. The van der Waals surface area contributed by atoms with Crippen LogP contribution in [-0.2, 0) is 4.74 Å². The second kappa shape index (κ2) is 5.85. The largest absolute Gasteiger partial charge is 0.491 e. The molecule has 2 atom stereocenters. The van der Waals surface area contributed by atoms with E-state index in [0.29, 0.717) is 30.0 Å². The molecule has 1 aromatic heterocycles. The van der Waals surface area contributed by atoms with Gasteiger partial charge in [-0.05, 0) is 39.5 Å². The average molecular weight is 294 g/mol. The molecule has 21 heavy (non-hydrogen) atoms. The predicted octanol–water partition coefficient (Wildman–Crippen LogP) is 1.76. The van der Waals surface area contributed by atoms with E-state index < -0.39 is 0 Å². The van der Waals surface area contributed by atoms with Gasteiger partial charge >= 0.3 is 0 Å². The summed E-state index contributed by atoms with van der Waals surface area (Å²) in [5, 5.41) is 13.6. The van der Waals surface area contributed by atoms with Gasteiger partial charge in [0.05, 0.1) is 24.4 Å². The molecular formula is C15H26N4O2. The van der Waals surface area contributed by atoms with Gasteiger partial charge in [0.2, 0.25) is 0 Å². The number of nitrogen functional groups attached to an aromatic ring is 1. The smallest absolute Gasteiger partial charge is 0.253 e. The summed E-state index contributed by atoms with van der Waals surface area (Å²) in [5.41, 5.74) is 6.04. The van der Waals surface area contributed by atoms with Crippen molar-refractivity contribution in [2.75, 3.05) is 18.8 Å². The third-order valence-electron chi connectivity index (χ3n) is 4.74. The van der Waals surface area contributed by atoms with Gasteiger partial charge < -0.3 is 15.6 Å². The lowest BCUT2D eigenvalue weighted by Crippen LogP contribution is -2.51. The van der Waals surface area contributed by atoms with Gasteiger partial charge in [-0.1, -0.05) is 0 Å². The Hall–Kier alpha value is -1.27. The monoisotopic (exact) mass is 294 g/mol. The van der Waals surface area contributed by atoms with Crippen LogP contribution < -0.4 is 5.73 Å². The molecule has 0 aromatic carbocycles. The number of anilines is 1. The van der Waals surface area contributed by atoms with Gasteiger partial charge in [-0.3, -0.25) is 9.58 Å². The maximum absolute atomic E-state index is 9.51. The Kier molecular flexibility index (Phi) is 4.08. The summed E-state index contributed by atoms with van der Waals surface area (Å²) in [4.78, 5) is 2.59. The summed E-state index contributed by atoms with van der Waals surface area (Å²) >= 11 is 0. The molecule has 118 valence electrons. The fourth-order valence-electron chi connectivity index (χ4n) is 3.79. The van der Waals surface area contributed by atoms with E-state index in [4.69, 9.17) is 10.5 Å². The second-order valence-corrected chi connectivity index (χ2v) is 6.56. The molecule has 2 aliphatic rings. The lowest BCUT2D eigenvalue weighted by atomic mass is 9.89. The summed E-state index contributed by atoms with van der Waals surface area (Å²) in [6.07, 6.45) is 6.93.